The number of halogens is 2. The lowest BCUT2D eigenvalue weighted by atomic mass is 9.99. The SMILES string of the molecule is CC(F)(F)c1ccc(Oc2cccc3c2CCN(C(=O)NC2CCCC2)C3)cc1.[HH]. The van der Waals surface area contributed by atoms with Crippen LogP contribution >= 0.6 is 0 Å². The molecule has 2 amide bonds. The molecule has 1 aliphatic heterocycles. The molecule has 1 heterocycles. The van der Waals surface area contributed by atoms with Gasteiger partial charge in [0.1, 0.15) is 11.5 Å². The zero-order valence-corrected chi connectivity index (χ0v) is 16.6. The Labute approximate surface area is 171 Å². The van der Waals surface area contributed by atoms with Crippen LogP contribution in [-0.4, -0.2) is 23.5 Å². The van der Waals surface area contributed by atoms with E-state index in [1.54, 1.807) is 12.1 Å². The highest BCUT2D eigenvalue weighted by atomic mass is 19.3. The summed E-state index contributed by atoms with van der Waals surface area (Å²) in [5, 5.41) is 3.15. The maximum absolute atomic E-state index is 13.4. The number of amides is 2. The summed E-state index contributed by atoms with van der Waals surface area (Å²) < 4.78 is 32.8. The number of nitrogens with one attached hydrogen (secondary N) is 1. The Balaban J connectivity index is 0.00000256. The lowest BCUT2D eigenvalue weighted by Gasteiger charge is -2.31. The van der Waals surface area contributed by atoms with Crippen molar-refractivity contribution < 1.29 is 19.7 Å². The van der Waals surface area contributed by atoms with E-state index in [2.05, 4.69) is 5.32 Å². The monoisotopic (exact) mass is 402 g/mol. The van der Waals surface area contributed by atoms with Crippen molar-refractivity contribution in [2.45, 2.75) is 57.5 Å². The molecule has 0 aromatic heterocycles. The zero-order chi connectivity index (χ0) is 20.4. The molecule has 156 valence electrons. The first-order valence-corrected chi connectivity index (χ1v) is 10.2. The molecule has 0 unspecified atom stereocenters. The zero-order valence-electron chi connectivity index (χ0n) is 16.6. The number of ether oxygens (including phenoxy) is 1. The molecule has 4 nitrogen and oxygen atoms in total. The summed E-state index contributed by atoms with van der Waals surface area (Å²) >= 11 is 0. The predicted octanol–water partition coefficient (Wildman–Crippen LogP) is 5.85. The number of carbonyl (C=O) groups is 1. The number of carbonyl (C=O) groups excluding carboxylic acids is 1. The molecule has 0 saturated heterocycles. The molecular weight excluding hydrogens is 374 g/mol. The highest BCUT2D eigenvalue weighted by Crippen LogP contribution is 2.33. The molecule has 0 atom stereocenters. The first-order valence-electron chi connectivity index (χ1n) is 10.2. The van der Waals surface area contributed by atoms with Crippen molar-refractivity contribution in [2.75, 3.05) is 6.54 Å². The predicted molar refractivity (Wildman–Crippen MR) is 110 cm³/mol. The smallest absolute Gasteiger partial charge is 0.317 e. The fourth-order valence-electron chi connectivity index (χ4n) is 4.12. The van der Waals surface area contributed by atoms with E-state index in [0.29, 0.717) is 37.1 Å². The number of alkyl halides is 2. The topological polar surface area (TPSA) is 41.6 Å². The Morgan fingerprint density at radius 3 is 2.59 bits per heavy atom. The van der Waals surface area contributed by atoms with Crippen LogP contribution in [-0.2, 0) is 18.9 Å². The van der Waals surface area contributed by atoms with Gasteiger partial charge in [0, 0.05) is 38.6 Å². The lowest BCUT2D eigenvalue weighted by Crippen LogP contribution is -2.46. The van der Waals surface area contributed by atoms with Gasteiger partial charge in [-0.2, -0.15) is 0 Å². The van der Waals surface area contributed by atoms with E-state index in [4.69, 9.17) is 4.74 Å². The van der Waals surface area contributed by atoms with Gasteiger partial charge in [-0.15, -0.1) is 0 Å². The summed E-state index contributed by atoms with van der Waals surface area (Å²) in [6, 6.07) is 12.0. The summed E-state index contributed by atoms with van der Waals surface area (Å²) in [7, 11) is 0. The largest absolute Gasteiger partial charge is 0.457 e. The second-order valence-electron chi connectivity index (χ2n) is 8.01. The van der Waals surface area contributed by atoms with Gasteiger partial charge in [-0.1, -0.05) is 25.0 Å². The van der Waals surface area contributed by atoms with Crippen LogP contribution in [0.4, 0.5) is 13.6 Å². The molecule has 1 saturated carbocycles. The van der Waals surface area contributed by atoms with Gasteiger partial charge < -0.3 is 15.0 Å². The molecule has 1 aliphatic carbocycles. The van der Waals surface area contributed by atoms with E-state index in [1.807, 2.05) is 23.1 Å². The van der Waals surface area contributed by atoms with Crippen LogP contribution < -0.4 is 10.1 Å². The molecular formula is C23H28F2N2O2. The third-order valence-corrected chi connectivity index (χ3v) is 5.78. The van der Waals surface area contributed by atoms with E-state index in [9.17, 15) is 13.6 Å². The van der Waals surface area contributed by atoms with E-state index >= 15 is 0 Å². The Bertz CT molecular complexity index is 878. The average molecular weight is 402 g/mol. The van der Waals surface area contributed by atoms with Crippen LogP contribution in [0, 0.1) is 0 Å². The standard InChI is InChI=1S/C23H26F2N2O2.H2/c1-23(24,25)17-9-11-19(12-10-17)29-21-8-4-5-16-15-27(14-13-20(16)21)22(28)26-18-6-2-3-7-18;/h4-5,8-12,18H,2-3,6-7,13-15H2,1H3,(H,26,28);1H. The fourth-order valence-corrected chi connectivity index (χ4v) is 4.12. The summed E-state index contributed by atoms with van der Waals surface area (Å²) in [5.41, 5.74) is 2.10. The molecule has 6 heteroatoms. The Morgan fingerprint density at radius 1 is 1.17 bits per heavy atom. The molecule has 0 spiro atoms. The summed E-state index contributed by atoms with van der Waals surface area (Å²) in [5.74, 6) is -1.63. The quantitative estimate of drug-likeness (QED) is 0.697. The molecule has 29 heavy (non-hydrogen) atoms. The Kier molecular flexibility index (Phi) is 5.43. The number of nitrogens with zero attached hydrogens (tertiary/aromatic N) is 1. The van der Waals surface area contributed by atoms with Crippen LogP contribution in [0.5, 0.6) is 11.5 Å². The van der Waals surface area contributed by atoms with E-state index in [1.165, 1.54) is 25.0 Å². The van der Waals surface area contributed by atoms with Gasteiger partial charge in [0.05, 0.1) is 0 Å². The normalized spacial score (nSPS) is 17.1. The van der Waals surface area contributed by atoms with Crippen molar-refractivity contribution in [3.63, 3.8) is 0 Å². The van der Waals surface area contributed by atoms with Gasteiger partial charge in [-0.25, -0.2) is 13.6 Å². The van der Waals surface area contributed by atoms with E-state index < -0.39 is 5.92 Å². The Morgan fingerprint density at radius 2 is 1.90 bits per heavy atom. The number of rotatable bonds is 4. The highest BCUT2D eigenvalue weighted by molar-refractivity contribution is 5.75. The van der Waals surface area contributed by atoms with Crippen molar-refractivity contribution in [3.8, 4) is 11.5 Å². The van der Waals surface area contributed by atoms with Gasteiger partial charge in [-0.05, 0) is 55.2 Å². The minimum absolute atomic E-state index is 0. The van der Waals surface area contributed by atoms with Crippen LogP contribution in [0.25, 0.3) is 0 Å². The molecule has 1 fully saturated rings. The van der Waals surface area contributed by atoms with Gasteiger partial charge in [0.25, 0.3) is 5.92 Å². The fraction of sp³-hybridized carbons (Fsp3) is 0.435. The molecule has 0 bridgehead atoms. The second-order valence-corrected chi connectivity index (χ2v) is 8.01. The number of fused-ring (bicyclic) bond motifs is 1. The number of benzene rings is 2. The maximum Gasteiger partial charge on any atom is 0.317 e. The second kappa shape index (κ2) is 8.01. The molecule has 2 aliphatic rings. The minimum atomic E-state index is -2.87. The van der Waals surface area contributed by atoms with Gasteiger partial charge in [-0.3, -0.25) is 0 Å². The summed E-state index contributed by atoms with van der Waals surface area (Å²) in [4.78, 5) is 14.4. The summed E-state index contributed by atoms with van der Waals surface area (Å²) in [6.45, 7) is 2.06. The number of hydrogen-bond acceptors (Lipinski definition) is 2. The average Bonchev–Trinajstić information content (AvgIpc) is 3.20. The Hall–Kier alpha value is -2.63. The van der Waals surface area contributed by atoms with Crippen molar-refractivity contribution >= 4 is 6.03 Å². The van der Waals surface area contributed by atoms with Crippen LogP contribution in [0.2, 0.25) is 0 Å². The lowest BCUT2D eigenvalue weighted by molar-refractivity contribution is 0.0174. The first kappa shape index (κ1) is 19.7. The molecule has 4 rings (SSSR count). The van der Waals surface area contributed by atoms with Gasteiger partial charge in [0.2, 0.25) is 0 Å². The van der Waals surface area contributed by atoms with Crippen molar-refractivity contribution in [2.24, 2.45) is 0 Å². The highest BCUT2D eigenvalue weighted by Gasteiger charge is 2.26. The van der Waals surface area contributed by atoms with Crippen molar-refractivity contribution in [3.05, 3.63) is 59.2 Å². The molecule has 0 radical (unpaired) electrons. The third kappa shape index (κ3) is 4.52. The number of hydrogen-bond donors (Lipinski definition) is 1. The van der Waals surface area contributed by atoms with E-state index in [0.717, 1.165) is 30.9 Å². The maximum atomic E-state index is 13.4. The van der Waals surface area contributed by atoms with Crippen LogP contribution in [0.1, 0.15) is 50.7 Å². The first-order chi connectivity index (χ1) is 13.9. The van der Waals surface area contributed by atoms with Gasteiger partial charge in [0.15, 0.2) is 0 Å². The van der Waals surface area contributed by atoms with Crippen LogP contribution in [0.15, 0.2) is 42.5 Å². The third-order valence-electron chi connectivity index (χ3n) is 5.78. The summed E-state index contributed by atoms with van der Waals surface area (Å²) in [6.07, 6.45) is 5.21. The van der Waals surface area contributed by atoms with Crippen molar-refractivity contribution in [1.82, 2.24) is 10.2 Å². The number of urea groups is 1. The molecule has 2 aromatic carbocycles. The van der Waals surface area contributed by atoms with Crippen molar-refractivity contribution in [1.29, 1.82) is 0 Å². The van der Waals surface area contributed by atoms with E-state index in [-0.39, 0.29) is 13.0 Å². The van der Waals surface area contributed by atoms with Gasteiger partial charge >= 0.3 is 6.03 Å². The molecule has 1 N–H and O–H groups in total. The minimum Gasteiger partial charge on any atom is -0.457 e. The molecule has 2 aromatic rings. The van der Waals surface area contributed by atoms with Crippen LogP contribution in [0.3, 0.4) is 0 Å².